The van der Waals surface area contributed by atoms with Crippen LogP contribution in [0.5, 0.6) is 5.75 Å². The molecule has 2 heterocycles. The molecule has 0 radical (unpaired) electrons. The molecule has 6 rings (SSSR count). The molecule has 0 aromatic heterocycles. The molecule has 1 saturated heterocycles. The van der Waals surface area contributed by atoms with Crippen molar-refractivity contribution in [3.8, 4) is 5.75 Å². The highest BCUT2D eigenvalue weighted by Crippen LogP contribution is 2.60. The lowest BCUT2D eigenvalue weighted by molar-refractivity contribution is -0.150. The number of carbonyl (C=O) groups is 3. The molecule has 0 aliphatic carbocycles. The number of fused-ring (bicyclic) bond motifs is 2. The van der Waals surface area contributed by atoms with E-state index in [0.29, 0.717) is 33.3 Å². The number of benzene rings is 4. The molecule has 272 valence electrons. The van der Waals surface area contributed by atoms with Gasteiger partial charge in [0, 0.05) is 46.4 Å². The summed E-state index contributed by atoms with van der Waals surface area (Å²) in [6.07, 6.45) is -1.04. The van der Waals surface area contributed by atoms with E-state index in [2.05, 4.69) is 5.32 Å². The van der Waals surface area contributed by atoms with Crippen molar-refractivity contribution >= 4 is 49.1 Å². The minimum absolute atomic E-state index is 0.104. The number of aliphatic hydroxyl groups is 1. The Morgan fingerprint density at radius 2 is 1.73 bits per heavy atom. The number of rotatable bonds is 12. The van der Waals surface area contributed by atoms with Crippen molar-refractivity contribution in [2.45, 2.75) is 56.8 Å². The third-order valence-electron chi connectivity index (χ3n) is 10.1. The second-order valence-corrected chi connectivity index (χ2v) is 18.2. The minimum Gasteiger partial charge on any atom is -0.497 e. The molecular formula is C40H43ClFN3O6Si. The van der Waals surface area contributed by atoms with Gasteiger partial charge in [0.15, 0.2) is 5.60 Å². The van der Waals surface area contributed by atoms with Crippen LogP contribution in [0.3, 0.4) is 0 Å². The fourth-order valence-electron chi connectivity index (χ4n) is 7.77. The Hall–Kier alpha value is -4.55. The van der Waals surface area contributed by atoms with Gasteiger partial charge in [0.25, 0.3) is 11.8 Å². The molecule has 4 atom stereocenters. The normalized spacial score (nSPS) is 20.9. The number of hydrogen-bond donors (Lipinski definition) is 2. The quantitative estimate of drug-likeness (QED) is 0.116. The van der Waals surface area contributed by atoms with Crippen LogP contribution in [0.15, 0.2) is 97.1 Å². The summed E-state index contributed by atoms with van der Waals surface area (Å²) < 4.78 is 28.4. The summed E-state index contributed by atoms with van der Waals surface area (Å²) in [5.41, 5.74) is 1.50. The van der Waals surface area contributed by atoms with E-state index in [1.54, 1.807) is 90.7 Å². The van der Waals surface area contributed by atoms with Crippen LogP contribution in [-0.4, -0.2) is 62.5 Å². The Morgan fingerprint density at radius 1 is 1.02 bits per heavy atom. The molecule has 2 aliphatic rings. The summed E-state index contributed by atoms with van der Waals surface area (Å²) in [6, 6.07) is 28.6. The molecular weight excluding hydrogens is 701 g/mol. The molecule has 1 spiro atoms. The van der Waals surface area contributed by atoms with Gasteiger partial charge in [-0.05, 0) is 78.8 Å². The van der Waals surface area contributed by atoms with Gasteiger partial charge in [-0.25, -0.2) is 0 Å². The van der Waals surface area contributed by atoms with Gasteiger partial charge in [0.2, 0.25) is 14.3 Å². The van der Waals surface area contributed by atoms with Crippen LogP contribution >= 0.6 is 11.6 Å². The molecule has 0 saturated carbocycles. The minimum atomic E-state index is -3.55. The van der Waals surface area contributed by atoms with Gasteiger partial charge in [0.1, 0.15) is 5.75 Å². The fourth-order valence-corrected chi connectivity index (χ4v) is 10.4. The number of nitrogens with zero attached hydrogens (tertiary/aromatic N) is 2. The van der Waals surface area contributed by atoms with E-state index < -0.39 is 31.6 Å². The number of methoxy groups -OCH3 is 1. The molecule has 0 bridgehead atoms. The van der Waals surface area contributed by atoms with Gasteiger partial charge in [0.05, 0.1) is 38.5 Å². The number of hydrogen-bond acceptors (Lipinski definition) is 6. The van der Waals surface area contributed by atoms with Crippen LogP contribution in [-0.2, 0) is 33.0 Å². The number of nitrogens with one attached hydrogen (secondary N) is 1. The first kappa shape index (κ1) is 37.2. The number of aliphatic hydroxyl groups excluding tert-OH is 1. The van der Waals surface area contributed by atoms with E-state index in [-0.39, 0.29) is 50.4 Å². The van der Waals surface area contributed by atoms with E-state index in [0.717, 1.165) is 11.1 Å². The van der Waals surface area contributed by atoms with Gasteiger partial charge in [-0.1, -0.05) is 61.0 Å². The second-order valence-electron chi connectivity index (χ2n) is 13.9. The van der Waals surface area contributed by atoms with E-state index in [1.807, 2.05) is 43.3 Å². The van der Waals surface area contributed by atoms with Crippen LogP contribution < -0.4 is 15.0 Å². The SMILES string of the molecule is COc1ccc(C(=O)Nc2cccc(CN3C(=O)[C@]4(O[C@H](CC(=O)N(CCO)Cc5ccccc5)[C@@H]([Si](C)(C)F)[C@@H]4C)c4cc(Cl)ccc43)c2)cc1. The highest BCUT2D eigenvalue weighted by atomic mass is 35.5. The predicted molar refractivity (Wildman–Crippen MR) is 202 cm³/mol. The smallest absolute Gasteiger partial charge is 0.264 e. The average Bonchev–Trinajstić information content (AvgIpc) is 3.54. The summed E-state index contributed by atoms with van der Waals surface area (Å²) in [5, 5.41) is 13.1. The van der Waals surface area contributed by atoms with E-state index in [4.69, 9.17) is 21.1 Å². The van der Waals surface area contributed by atoms with Crippen molar-refractivity contribution < 1.29 is 33.1 Å². The number of amides is 3. The standard InChI is InChI=1S/C40H43ClFN3O6Si/c1-26-37(52(3,4)42)35(23-36(47)44(19-20-46)24-27-9-6-5-7-10-27)51-40(26)33-22-30(41)15-18-34(33)45(39(40)49)25-28-11-8-12-31(21-28)43-38(48)29-13-16-32(50-2)17-14-29/h5-18,21-22,26,35,37,46H,19-20,23-25H2,1-4H3,(H,43,48)/t26-,35+,37-,40+/m0/s1. The number of carbonyl (C=O) groups excluding carboxylic acids is 3. The van der Waals surface area contributed by atoms with Gasteiger partial charge >= 0.3 is 0 Å². The summed E-state index contributed by atoms with van der Waals surface area (Å²) >= 11 is 6.54. The summed E-state index contributed by atoms with van der Waals surface area (Å²) in [5.74, 6) is -0.934. The summed E-state index contributed by atoms with van der Waals surface area (Å²) in [4.78, 5) is 44.9. The Balaban J connectivity index is 1.28. The maximum absolute atomic E-state index is 16.4. The summed E-state index contributed by atoms with van der Waals surface area (Å²) in [7, 11) is -1.99. The lowest BCUT2D eigenvalue weighted by atomic mass is 9.82. The zero-order valence-corrected chi connectivity index (χ0v) is 31.4. The molecule has 9 nitrogen and oxygen atoms in total. The molecule has 2 aliphatic heterocycles. The predicted octanol–water partition coefficient (Wildman–Crippen LogP) is 7.33. The second kappa shape index (κ2) is 15.2. The maximum atomic E-state index is 16.4. The Labute approximate surface area is 309 Å². The van der Waals surface area contributed by atoms with Crippen LogP contribution in [0.4, 0.5) is 15.5 Å². The van der Waals surface area contributed by atoms with Crippen molar-refractivity contribution in [3.05, 3.63) is 124 Å². The van der Waals surface area contributed by atoms with E-state index in [1.165, 1.54) is 0 Å². The van der Waals surface area contributed by atoms with Gasteiger partial charge in [-0.3, -0.25) is 14.4 Å². The highest BCUT2D eigenvalue weighted by Gasteiger charge is 2.67. The molecule has 0 unspecified atom stereocenters. The fraction of sp³-hybridized carbons (Fsp3) is 0.325. The Morgan fingerprint density at radius 3 is 2.40 bits per heavy atom. The van der Waals surface area contributed by atoms with Crippen LogP contribution in [0.25, 0.3) is 0 Å². The Bertz CT molecular complexity index is 1940. The van der Waals surface area contributed by atoms with E-state index >= 15 is 4.11 Å². The first-order valence-electron chi connectivity index (χ1n) is 17.3. The largest absolute Gasteiger partial charge is 0.497 e. The average molecular weight is 744 g/mol. The molecule has 12 heteroatoms. The van der Waals surface area contributed by atoms with E-state index in [9.17, 15) is 19.5 Å². The molecule has 4 aromatic carbocycles. The molecule has 1 fully saturated rings. The van der Waals surface area contributed by atoms with Gasteiger partial charge < -0.3 is 33.8 Å². The molecule has 52 heavy (non-hydrogen) atoms. The van der Waals surface area contributed by atoms with Gasteiger partial charge in [-0.15, -0.1) is 0 Å². The lowest BCUT2D eigenvalue weighted by Crippen LogP contribution is -2.45. The highest BCUT2D eigenvalue weighted by molar-refractivity contribution is 6.72. The number of anilines is 2. The van der Waals surface area contributed by atoms with Crippen LogP contribution in [0.1, 0.15) is 40.4 Å². The zero-order valence-electron chi connectivity index (χ0n) is 29.6. The third kappa shape index (κ3) is 7.36. The van der Waals surface area contributed by atoms with Crippen molar-refractivity contribution in [1.29, 1.82) is 0 Å². The monoisotopic (exact) mass is 743 g/mol. The molecule has 3 amide bonds. The zero-order chi connectivity index (χ0) is 37.2. The van der Waals surface area contributed by atoms with Gasteiger partial charge in [-0.2, -0.15) is 0 Å². The maximum Gasteiger partial charge on any atom is 0.264 e. The van der Waals surface area contributed by atoms with Crippen molar-refractivity contribution in [2.24, 2.45) is 5.92 Å². The van der Waals surface area contributed by atoms with Crippen LogP contribution in [0.2, 0.25) is 23.7 Å². The molecule has 2 N–H and O–H groups in total. The first-order chi connectivity index (χ1) is 24.8. The number of ether oxygens (including phenoxy) is 2. The summed E-state index contributed by atoms with van der Waals surface area (Å²) in [6.45, 7) is 5.30. The molecule has 4 aromatic rings. The number of halogens is 2. The lowest BCUT2D eigenvalue weighted by Gasteiger charge is -2.31. The third-order valence-corrected chi connectivity index (χ3v) is 12.8. The van der Waals surface area contributed by atoms with Crippen molar-refractivity contribution in [3.63, 3.8) is 0 Å². The topological polar surface area (TPSA) is 108 Å². The Kier molecular flexibility index (Phi) is 10.9. The van der Waals surface area contributed by atoms with Crippen LogP contribution in [0, 0.1) is 5.92 Å². The van der Waals surface area contributed by atoms with Crippen molar-refractivity contribution in [1.82, 2.24) is 4.90 Å². The first-order valence-corrected chi connectivity index (χ1v) is 20.6. The van der Waals surface area contributed by atoms with Crippen molar-refractivity contribution in [2.75, 3.05) is 30.5 Å².